The number of nitrogens with zero attached hydrogens (tertiary/aromatic N) is 1. The summed E-state index contributed by atoms with van der Waals surface area (Å²) in [6.07, 6.45) is -0.112. The molecule has 0 amide bonds. The van der Waals surface area contributed by atoms with Crippen LogP contribution in [0.5, 0.6) is 5.75 Å². The van der Waals surface area contributed by atoms with Gasteiger partial charge in [-0.1, -0.05) is 18.2 Å². The highest BCUT2D eigenvalue weighted by molar-refractivity contribution is 14.0. The van der Waals surface area contributed by atoms with Crippen LogP contribution in [-0.4, -0.2) is 43.8 Å². The van der Waals surface area contributed by atoms with Crippen LogP contribution in [0.4, 0.5) is 13.2 Å². The summed E-state index contributed by atoms with van der Waals surface area (Å²) in [6, 6.07) is 6.65. The van der Waals surface area contributed by atoms with Gasteiger partial charge < -0.3 is 15.4 Å². The molecule has 0 aliphatic heterocycles. The van der Waals surface area contributed by atoms with Crippen LogP contribution in [-0.2, 0) is 6.54 Å². The van der Waals surface area contributed by atoms with Crippen molar-refractivity contribution < 1.29 is 17.9 Å². The Hall–Kier alpha value is -0.840. The molecule has 2 N–H and O–H groups in total. The standard InChI is InChI=1S/C17H26F3N3OS.HI/c1-3-21-16(22-10-6-7-11-25-2)23-12-14-8-4-5-9-15(14)24-13-17(18,19)20;/h4-5,8-9H,3,6-7,10-13H2,1-2H3,(H2,21,22,23);1H. The molecule has 1 aromatic rings. The van der Waals surface area contributed by atoms with Crippen molar-refractivity contribution in [3.05, 3.63) is 29.8 Å². The van der Waals surface area contributed by atoms with Crippen molar-refractivity contribution in [2.75, 3.05) is 31.7 Å². The zero-order valence-electron chi connectivity index (χ0n) is 15.1. The van der Waals surface area contributed by atoms with Gasteiger partial charge in [0.15, 0.2) is 12.6 Å². The predicted octanol–water partition coefficient (Wildman–Crippen LogP) is 4.44. The van der Waals surface area contributed by atoms with Crippen LogP contribution in [0, 0.1) is 0 Å². The number of alkyl halides is 3. The van der Waals surface area contributed by atoms with Crippen molar-refractivity contribution in [3.63, 3.8) is 0 Å². The van der Waals surface area contributed by atoms with Crippen molar-refractivity contribution in [2.24, 2.45) is 4.99 Å². The fourth-order valence-electron chi connectivity index (χ4n) is 2.02. The second-order valence-electron chi connectivity index (χ2n) is 5.33. The van der Waals surface area contributed by atoms with Gasteiger partial charge in [-0.2, -0.15) is 24.9 Å². The highest BCUT2D eigenvalue weighted by Crippen LogP contribution is 2.22. The van der Waals surface area contributed by atoms with E-state index in [9.17, 15) is 13.2 Å². The number of aliphatic imine (C=N–C) groups is 1. The van der Waals surface area contributed by atoms with E-state index in [-0.39, 0.29) is 36.3 Å². The van der Waals surface area contributed by atoms with Crippen LogP contribution in [0.2, 0.25) is 0 Å². The molecule has 0 fully saturated rings. The van der Waals surface area contributed by atoms with Gasteiger partial charge >= 0.3 is 6.18 Å². The number of benzene rings is 1. The molecule has 9 heteroatoms. The van der Waals surface area contributed by atoms with Crippen LogP contribution < -0.4 is 15.4 Å². The normalized spacial score (nSPS) is 11.7. The molecule has 0 aliphatic rings. The van der Waals surface area contributed by atoms with E-state index in [1.54, 1.807) is 18.2 Å². The van der Waals surface area contributed by atoms with Crippen LogP contribution in [0.3, 0.4) is 0 Å². The van der Waals surface area contributed by atoms with E-state index in [0.29, 0.717) is 18.1 Å². The maximum absolute atomic E-state index is 12.3. The molecule has 0 aromatic heterocycles. The lowest BCUT2D eigenvalue weighted by Crippen LogP contribution is -2.37. The topological polar surface area (TPSA) is 45.7 Å². The molecule has 0 aliphatic carbocycles. The summed E-state index contributed by atoms with van der Waals surface area (Å²) in [6.45, 7) is 2.42. The van der Waals surface area contributed by atoms with Gasteiger partial charge in [-0.15, -0.1) is 24.0 Å². The fraction of sp³-hybridized carbons (Fsp3) is 0.588. The molecule has 0 bridgehead atoms. The van der Waals surface area contributed by atoms with Gasteiger partial charge in [-0.25, -0.2) is 4.99 Å². The van der Waals surface area contributed by atoms with Gasteiger partial charge in [-0.3, -0.25) is 0 Å². The van der Waals surface area contributed by atoms with E-state index in [1.807, 2.05) is 18.7 Å². The number of thioether (sulfide) groups is 1. The van der Waals surface area contributed by atoms with Gasteiger partial charge in [0.2, 0.25) is 0 Å². The van der Waals surface area contributed by atoms with Gasteiger partial charge in [0.05, 0.1) is 6.54 Å². The van der Waals surface area contributed by atoms with Gasteiger partial charge in [0.25, 0.3) is 0 Å². The lowest BCUT2D eigenvalue weighted by Gasteiger charge is -2.14. The van der Waals surface area contributed by atoms with E-state index in [4.69, 9.17) is 4.74 Å². The van der Waals surface area contributed by atoms with E-state index in [2.05, 4.69) is 21.9 Å². The molecule has 1 aromatic carbocycles. The lowest BCUT2D eigenvalue weighted by atomic mass is 10.2. The molecule has 0 unspecified atom stereocenters. The van der Waals surface area contributed by atoms with E-state index < -0.39 is 12.8 Å². The minimum Gasteiger partial charge on any atom is -0.484 e. The van der Waals surface area contributed by atoms with Crippen LogP contribution in [0.15, 0.2) is 29.3 Å². The molecule has 26 heavy (non-hydrogen) atoms. The number of ether oxygens (including phenoxy) is 1. The molecule has 0 atom stereocenters. The smallest absolute Gasteiger partial charge is 0.422 e. The number of guanidine groups is 1. The molecular formula is C17H27F3IN3OS. The number of halogens is 4. The molecule has 1 rings (SSSR count). The lowest BCUT2D eigenvalue weighted by molar-refractivity contribution is -0.153. The van der Waals surface area contributed by atoms with Crippen molar-refractivity contribution >= 4 is 41.7 Å². The highest BCUT2D eigenvalue weighted by Gasteiger charge is 2.28. The Bertz CT molecular complexity index is 530. The zero-order chi connectivity index (χ0) is 18.5. The number of rotatable bonds is 10. The Labute approximate surface area is 174 Å². The zero-order valence-corrected chi connectivity index (χ0v) is 18.2. The maximum Gasteiger partial charge on any atom is 0.422 e. The van der Waals surface area contributed by atoms with E-state index in [0.717, 1.165) is 25.1 Å². The third-order valence-electron chi connectivity index (χ3n) is 3.18. The summed E-state index contributed by atoms with van der Waals surface area (Å²) in [5.74, 6) is 1.98. The summed E-state index contributed by atoms with van der Waals surface area (Å²) in [7, 11) is 0. The van der Waals surface area contributed by atoms with Crippen LogP contribution >= 0.6 is 35.7 Å². The largest absolute Gasteiger partial charge is 0.484 e. The average molecular weight is 505 g/mol. The number of para-hydroxylation sites is 1. The SMILES string of the molecule is CCNC(=NCc1ccccc1OCC(F)(F)F)NCCCCSC.I. The molecule has 4 nitrogen and oxygen atoms in total. The quantitative estimate of drug-likeness (QED) is 0.214. The Balaban J connectivity index is 0.00000625. The number of unbranched alkanes of at least 4 members (excludes halogenated alkanes) is 1. The first-order chi connectivity index (χ1) is 12.0. The Morgan fingerprint density at radius 1 is 1.19 bits per heavy atom. The third-order valence-corrected chi connectivity index (χ3v) is 3.88. The minimum atomic E-state index is -4.36. The second-order valence-corrected chi connectivity index (χ2v) is 6.32. The Morgan fingerprint density at radius 2 is 1.92 bits per heavy atom. The first kappa shape index (κ1) is 25.2. The van der Waals surface area contributed by atoms with E-state index >= 15 is 0 Å². The van der Waals surface area contributed by atoms with Crippen LogP contribution in [0.1, 0.15) is 25.3 Å². The van der Waals surface area contributed by atoms with E-state index in [1.165, 1.54) is 6.07 Å². The molecular weight excluding hydrogens is 478 g/mol. The molecule has 0 saturated carbocycles. The molecule has 0 spiro atoms. The molecule has 0 heterocycles. The predicted molar refractivity (Wildman–Crippen MR) is 114 cm³/mol. The average Bonchev–Trinajstić information content (AvgIpc) is 2.57. The third kappa shape index (κ3) is 11.7. The van der Waals surface area contributed by atoms with Gasteiger partial charge in [0.1, 0.15) is 5.75 Å². The van der Waals surface area contributed by atoms with Crippen molar-refractivity contribution in [3.8, 4) is 5.75 Å². The first-order valence-corrected chi connectivity index (χ1v) is 9.64. The first-order valence-electron chi connectivity index (χ1n) is 8.25. The van der Waals surface area contributed by atoms with Crippen molar-refractivity contribution in [1.29, 1.82) is 0 Å². The molecule has 0 saturated heterocycles. The van der Waals surface area contributed by atoms with Gasteiger partial charge in [-0.05, 0) is 37.8 Å². The minimum absolute atomic E-state index is 0. The monoisotopic (exact) mass is 505 g/mol. The maximum atomic E-state index is 12.3. The summed E-state index contributed by atoms with van der Waals surface area (Å²) in [5.41, 5.74) is 0.617. The summed E-state index contributed by atoms with van der Waals surface area (Å²) >= 11 is 1.82. The molecule has 150 valence electrons. The second kappa shape index (κ2) is 14.2. The molecule has 0 radical (unpaired) electrons. The highest BCUT2D eigenvalue weighted by atomic mass is 127. The van der Waals surface area contributed by atoms with Crippen molar-refractivity contribution in [2.45, 2.75) is 32.5 Å². The number of nitrogens with one attached hydrogen (secondary N) is 2. The summed E-state index contributed by atoms with van der Waals surface area (Å²) < 4.78 is 41.9. The summed E-state index contributed by atoms with van der Waals surface area (Å²) in [4.78, 5) is 4.43. The Morgan fingerprint density at radius 3 is 2.58 bits per heavy atom. The number of hydrogen-bond acceptors (Lipinski definition) is 3. The van der Waals surface area contributed by atoms with Crippen LogP contribution in [0.25, 0.3) is 0 Å². The summed E-state index contributed by atoms with van der Waals surface area (Å²) in [5, 5.41) is 6.37. The van der Waals surface area contributed by atoms with Gasteiger partial charge in [0, 0.05) is 18.7 Å². The van der Waals surface area contributed by atoms with Crippen molar-refractivity contribution in [1.82, 2.24) is 10.6 Å². The Kier molecular flexibility index (Phi) is 13.8. The fourth-order valence-corrected chi connectivity index (χ4v) is 2.51. The number of hydrogen-bond donors (Lipinski definition) is 2.